The van der Waals surface area contributed by atoms with Crippen LogP contribution in [0.3, 0.4) is 0 Å². The van der Waals surface area contributed by atoms with Crippen LogP contribution in [0.1, 0.15) is 38.2 Å². The molecule has 0 atom stereocenters. The molecule has 0 radical (unpaired) electrons. The van der Waals surface area contributed by atoms with Crippen molar-refractivity contribution >= 4 is 11.6 Å². The van der Waals surface area contributed by atoms with Crippen molar-refractivity contribution in [3.63, 3.8) is 0 Å². The Hall–Kier alpha value is -1.32. The van der Waals surface area contributed by atoms with Crippen molar-refractivity contribution in [3.8, 4) is 0 Å². The zero-order valence-corrected chi connectivity index (χ0v) is 10.8. The van der Waals surface area contributed by atoms with Gasteiger partial charge in [0.2, 0.25) is 0 Å². The average molecular weight is 234 g/mol. The van der Waals surface area contributed by atoms with Gasteiger partial charge in [-0.2, -0.15) is 0 Å². The summed E-state index contributed by atoms with van der Waals surface area (Å²) in [6.45, 7) is 6.07. The minimum atomic E-state index is 0.826. The summed E-state index contributed by atoms with van der Waals surface area (Å²) in [5.41, 5.74) is 1.12. The molecule has 1 saturated carbocycles. The van der Waals surface area contributed by atoms with Crippen molar-refractivity contribution in [1.82, 2.24) is 9.97 Å². The van der Waals surface area contributed by atoms with E-state index in [0.29, 0.717) is 0 Å². The van der Waals surface area contributed by atoms with Gasteiger partial charge in [0.15, 0.2) is 0 Å². The Balaban J connectivity index is 1.97. The Morgan fingerprint density at radius 1 is 1.18 bits per heavy atom. The molecule has 0 bridgehead atoms. The first-order valence-electron chi connectivity index (χ1n) is 6.60. The van der Waals surface area contributed by atoms with Gasteiger partial charge in [0.05, 0.1) is 0 Å². The number of aromatic nitrogens is 2. The van der Waals surface area contributed by atoms with Gasteiger partial charge in [-0.3, -0.25) is 0 Å². The molecule has 0 aromatic carbocycles. The third-order valence-corrected chi connectivity index (χ3v) is 3.46. The molecule has 1 aromatic rings. The summed E-state index contributed by atoms with van der Waals surface area (Å²) in [6.07, 6.45) is 7.12. The minimum absolute atomic E-state index is 0.826. The highest BCUT2D eigenvalue weighted by Gasteiger charge is 2.15. The molecule has 1 aromatic heterocycles. The summed E-state index contributed by atoms with van der Waals surface area (Å²) < 4.78 is 0. The van der Waals surface area contributed by atoms with Gasteiger partial charge in [-0.1, -0.05) is 12.8 Å². The van der Waals surface area contributed by atoms with Crippen LogP contribution in [0.4, 0.5) is 11.6 Å². The molecule has 1 heterocycles. The lowest BCUT2D eigenvalue weighted by Gasteiger charge is -2.14. The Morgan fingerprint density at radius 2 is 1.82 bits per heavy atom. The molecule has 4 nitrogen and oxygen atoms in total. The van der Waals surface area contributed by atoms with Gasteiger partial charge >= 0.3 is 0 Å². The van der Waals surface area contributed by atoms with Crippen LogP contribution in [0, 0.1) is 12.8 Å². The summed E-state index contributed by atoms with van der Waals surface area (Å²) >= 11 is 0. The number of rotatable bonds is 5. The fourth-order valence-electron chi connectivity index (χ4n) is 2.43. The smallest absolute Gasteiger partial charge is 0.134 e. The highest BCUT2D eigenvalue weighted by Crippen LogP contribution is 2.25. The van der Waals surface area contributed by atoms with Crippen LogP contribution in [0.2, 0.25) is 0 Å². The number of hydrogen-bond acceptors (Lipinski definition) is 4. The number of nitrogens with one attached hydrogen (secondary N) is 2. The molecule has 0 aliphatic heterocycles. The van der Waals surface area contributed by atoms with Crippen LogP contribution < -0.4 is 10.6 Å². The van der Waals surface area contributed by atoms with Gasteiger partial charge in [0.25, 0.3) is 0 Å². The fraction of sp³-hybridized carbons (Fsp3) is 0.692. The minimum Gasteiger partial charge on any atom is -0.370 e. The van der Waals surface area contributed by atoms with Gasteiger partial charge in [-0.05, 0) is 32.6 Å². The van der Waals surface area contributed by atoms with E-state index in [2.05, 4.69) is 34.4 Å². The first-order valence-corrected chi connectivity index (χ1v) is 6.60. The quantitative estimate of drug-likeness (QED) is 0.822. The fourth-order valence-corrected chi connectivity index (χ4v) is 2.43. The second kappa shape index (κ2) is 5.84. The lowest BCUT2D eigenvalue weighted by atomic mass is 10.1. The summed E-state index contributed by atoms with van der Waals surface area (Å²) in [5, 5.41) is 6.72. The van der Waals surface area contributed by atoms with E-state index in [1.807, 2.05) is 0 Å². The van der Waals surface area contributed by atoms with E-state index in [9.17, 15) is 0 Å². The number of hydrogen-bond donors (Lipinski definition) is 2. The van der Waals surface area contributed by atoms with E-state index in [1.165, 1.54) is 25.7 Å². The van der Waals surface area contributed by atoms with Gasteiger partial charge < -0.3 is 10.6 Å². The predicted octanol–water partition coefficient (Wildman–Crippen LogP) is 2.82. The van der Waals surface area contributed by atoms with Crippen LogP contribution in [0.15, 0.2) is 6.33 Å². The monoisotopic (exact) mass is 234 g/mol. The third-order valence-electron chi connectivity index (χ3n) is 3.46. The Morgan fingerprint density at radius 3 is 2.47 bits per heavy atom. The summed E-state index contributed by atoms with van der Waals surface area (Å²) in [7, 11) is 0. The zero-order valence-electron chi connectivity index (χ0n) is 10.8. The van der Waals surface area contributed by atoms with E-state index in [0.717, 1.165) is 36.2 Å². The van der Waals surface area contributed by atoms with Crippen molar-refractivity contribution in [2.45, 2.75) is 39.5 Å². The largest absolute Gasteiger partial charge is 0.370 e. The first-order chi connectivity index (χ1) is 8.31. The van der Waals surface area contributed by atoms with Gasteiger partial charge in [0, 0.05) is 18.7 Å². The molecule has 0 saturated heterocycles. The first kappa shape index (κ1) is 12.1. The molecule has 0 unspecified atom stereocenters. The van der Waals surface area contributed by atoms with Crippen molar-refractivity contribution in [2.24, 2.45) is 5.92 Å². The molecule has 1 fully saturated rings. The third kappa shape index (κ3) is 3.08. The average Bonchev–Trinajstić information content (AvgIpc) is 2.83. The van der Waals surface area contributed by atoms with Crippen molar-refractivity contribution in [3.05, 3.63) is 11.9 Å². The van der Waals surface area contributed by atoms with Crippen molar-refractivity contribution in [1.29, 1.82) is 0 Å². The maximum absolute atomic E-state index is 4.32. The summed E-state index contributed by atoms with van der Waals surface area (Å²) in [5.74, 6) is 2.74. The maximum atomic E-state index is 4.32. The lowest BCUT2D eigenvalue weighted by molar-refractivity contribution is 0.578. The van der Waals surface area contributed by atoms with Crippen molar-refractivity contribution < 1.29 is 0 Å². The normalized spacial score (nSPS) is 16.1. The highest BCUT2D eigenvalue weighted by molar-refractivity contribution is 5.56. The Bertz CT molecular complexity index is 358. The molecule has 94 valence electrons. The predicted molar refractivity (Wildman–Crippen MR) is 71.4 cm³/mol. The molecular weight excluding hydrogens is 212 g/mol. The van der Waals surface area contributed by atoms with Crippen LogP contribution >= 0.6 is 0 Å². The molecular formula is C13H22N4. The second-order valence-corrected chi connectivity index (χ2v) is 4.76. The number of anilines is 2. The maximum Gasteiger partial charge on any atom is 0.134 e. The van der Waals surface area contributed by atoms with E-state index < -0.39 is 0 Å². The molecule has 2 N–H and O–H groups in total. The topological polar surface area (TPSA) is 49.8 Å². The molecule has 1 aliphatic rings. The summed E-state index contributed by atoms with van der Waals surface area (Å²) in [4.78, 5) is 8.57. The Labute approximate surface area is 103 Å². The van der Waals surface area contributed by atoms with Gasteiger partial charge in [-0.25, -0.2) is 9.97 Å². The number of nitrogens with zero attached hydrogens (tertiary/aromatic N) is 2. The van der Waals surface area contributed by atoms with E-state index in [4.69, 9.17) is 0 Å². The highest BCUT2D eigenvalue weighted by atomic mass is 15.1. The molecule has 1 aliphatic carbocycles. The van der Waals surface area contributed by atoms with Crippen molar-refractivity contribution in [2.75, 3.05) is 23.7 Å². The van der Waals surface area contributed by atoms with E-state index in [1.54, 1.807) is 6.33 Å². The van der Waals surface area contributed by atoms with Gasteiger partial charge in [0.1, 0.15) is 18.0 Å². The molecule has 0 spiro atoms. The molecule has 4 heteroatoms. The zero-order chi connectivity index (χ0) is 12.1. The SMILES string of the molecule is CCNc1ncnc(NCC2CCCC2)c1C. The molecule has 2 rings (SSSR count). The summed E-state index contributed by atoms with van der Waals surface area (Å²) in [6, 6.07) is 0. The second-order valence-electron chi connectivity index (χ2n) is 4.76. The molecule has 17 heavy (non-hydrogen) atoms. The van der Waals surface area contributed by atoms with E-state index in [-0.39, 0.29) is 0 Å². The van der Waals surface area contributed by atoms with Crippen LogP contribution in [-0.4, -0.2) is 23.1 Å². The lowest BCUT2D eigenvalue weighted by Crippen LogP contribution is -2.14. The van der Waals surface area contributed by atoms with Gasteiger partial charge in [-0.15, -0.1) is 0 Å². The van der Waals surface area contributed by atoms with Crippen LogP contribution in [0.25, 0.3) is 0 Å². The Kier molecular flexibility index (Phi) is 4.18. The van der Waals surface area contributed by atoms with E-state index >= 15 is 0 Å². The van der Waals surface area contributed by atoms with Crippen LogP contribution in [0.5, 0.6) is 0 Å². The molecule has 0 amide bonds. The van der Waals surface area contributed by atoms with Crippen LogP contribution in [-0.2, 0) is 0 Å². The standard InChI is InChI=1S/C13H22N4/c1-3-14-12-10(2)13(17-9-16-12)15-8-11-6-4-5-7-11/h9,11H,3-8H2,1-2H3,(H2,14,15,16,17).